The van der Waals surface area contributed by atoms with Gasteiger partial charge in [0.25, 0.3) is 0 Å². The van der Waals surface area contributed by atoms with E-state index in [4.69, 9.17) is 11.5 Å². The Morgan fingerprint density at radius 2 is 2.08 bits per heavy atom. The summed E-state index contributed by atoms with van der Waals surface area (Å²) in [6.45, 7) is 0.659. The lowest BCUT2D eigenvalue weighted by Crippen LogP contribution is -2.49. The van der Waals surface area contributed by atoms with Crippen molar-refractivity contribution in [1.29, 1.82) is 0 Å². The molecule has 0 bridgehead atoms. The van der Waals surface area contributed by atoms with Gasteiger partial charge < -0.3 is 11.5 Å². The van der Waals surface area contributed by atoms with Gasteiger partial charge in [-0.05, 0) is 26.4 Å². The highest BCUT2D eigenvalue weighted by atomic mass is 16.2. The Balaban J connectivity index is 2.63. The number of carbonyl (C=O) groups excluding carboxylic acids is 2. The zero-order chi connectivity index (χ0) is 10.0. The minimum atomic E-state index is -0.417. The molecule has 13 heavy (non-hydrogen) atoms. The van der Waals surface area contributed by atoms with Gasteiger partial charge in [-0.25, -0.2) is 0 Å². The van der Waals surface area contributed by atoms with Crippen molar-refractivity contribution in [1.82, 2.24) is 4.90 Å². The zero-order valence-corrected chi connectivity index (χ0v) is 7.62. The molecule has 0 aromatic heterocycles. The highest BCUT2D eigenvalue weighted by Gasteiger charge is 2.32. The second-order valence-corrected chi connectivity index (χ2v) is 3.32. The van der Waals surface area contributed by atoms with Gasteiger partial charge in [0, 0.05) is 0 Å². The molecule has 5 nitrogen and oxygen atoms in total. The summed E-state index contributed by atoms with van der Waals surface area (Å²) in [6.07, 6.45) is 1.01. The van der Waals surface area contributed by atoms with Crippen molar-refractivity contribution in [2.75, 3.05) is 13.6 Å². The number of hydrogen-bond donors (Lipinski definition) is 2. The Labute approximate surface area is 77.1 Å². The van der Waals surface area contributed by atoms with Crippen molar-refractivity contribution in [2.45, 2.75) is 18.9 Å². The Kier molecular flexibility index (Phi) is 2.87. The Morgan fingerprint density at radius 3 is 2.54 bits per heavy atom. The lowest BCUT2D eigenvalue weighted by atomic mass is 9.90. The van der Waals surface area contributed by atoms with Crippen LogP contribution in [0.15, 0.2) is 0 Å². The second-order valence-electron chi connectivity index (χ2n) is 3.32. The molecule has 1 saturated heterocycles. The van der Waals surface area contributed by atoms with Crippen molar-refractivity contribution in [2.24, 2.45) is 11.5 Å². The lowest BCUT2D eigenvalue weighted by Gasteiger charge is -2.33. The fourth-order valence-corrected chi connectivity index (χ4v) is 1.50. The molecule has 1 fully saturated rings. The van der Waals surface area contributed by atoms with Crippen LogP contribution in [0.3, 0.4) is 0 Å². The fourth-order valence-electron chi connectivity index (χ4n) is 1.50. The number of hydrogen-bond acceptors (Lipinski definition) is 3. The number of likely N-dealkylation sites (N-methyl/N-ethyl adjacent to an activating group) is 1. The number of nitrogens with two attached hydrogens (primary N) is 2. The van der Waals surface area contributed by atoms with Crippen molar-refractivity contribution < 1.29 is 9.59 Å². The quantitative estimate of drug-likeness (QED) is 0.554. The molecule has 1 atom stereocenters. The number of likely N-dealkylation sites (tertiary alicyclic amines) is 1. The molecule has 0 aromatic carbocycles. The van der Waals surface area contributed by atoms with Crippen molar-refractivity contribution in [3.63, 3.8) is 0 Å². The maximum absolute atomic E-state index is 10.9. The van der Waals surface area contributed by atoms with Crippen LogP contribution < -0.4 is 11.5 Å². The first kappa shape index (κ1) is 9.98. The number of primary amides is 2. The van der Waals surface area contributed by atoms with Gasteiger partial charge in [-0.2, -0.15) is 0 Å². The van der Waals surface area contributed by atoms with Gasteiger partial charge in [0.15, 0.2) is 0 Å². The van der Waals surface area contributed by atoms with Crippen LogP contribution in [0, 0.1) is 5.92 Å². The molecule has 0 aromatic rings. The topological polar surface area (TPSA) is 89.4 Å². The van der Waals surface area contributed by atoms with E-state index < -0.39 is 11.8 Å². The Hall–Kier alpha value is -1.10. The average molecular weight is 184 g/mol. The molecule has 1 aliphatic rings. The smallest absolute Gasteiger partial charge is 0.234 e. The van der Waals surface area contributed by atoms with Gasteiger partial charge in [-0.15, -0.1) is 0 Å². The average Bonchev–Trinajstić information content (AvgIpc) is 2.04. The molecule has 73 valence electrons. The van der Waals surface area contributed by atoms with Crippen molar-refractivity contribution in [3.05, 3.63) is 5.92 Å². The predicted molar refractivity (Wildman–Crippen MR) is 47.3 cm³/mol. The monoisotopic (exact) mass is 184 g/mol. The summed E-state index contributed by atoms with van der Waals surface area (Å²) in [7, 11) is 1.81. The molecule has 0 saturated carbocycles. The molecule has 1 heterocycles. The van der Waals surface area contributed by atoms with Gasteiger partial charge >= 0.3 is 0 Å². The van der Waals surface area contributed by atoms with E-state index >= 15 is 0 Å². The van der Waals surface area contributed by atoms with E-state index in [2.05, 4.69) is 0 Å². The maximum Gasteiger partial charge on any atom is 0.234 e. The largest absolute Gasteiger partial charge is 0.369 e. The van der Waals surface area contributed by atoms with Crippen molar-refractivity contribution in [3.8, 4) is 0 Å². The van der Waals surface area contributed by atoms with Gasteiger partial charge in [-0.3, -0.25) is 14.5 Å². The van der Waals surface area contributed by atoms with Gasteiger partial charge in [-0.1, -0.05) is 0 Å². The van der Waals surface area contributed by atoms with E-state index in [9.17, 15) is 9.59 Å². The van der Waals surface area contributed by atoms with Crippen molar-refractivity contribution >= 4 is 11.8 Å². The minimum absolute atomic E-state index is 0.376. The van der Waals surface area contributed by atoms with E-state index in [-0.39, 0.29) is 6.04 Å². The molecule has 1 rings (SSSR count). The number of piperidine rings is 1. The second kappa shape index (κ2) is 3.74. The van der Waals surface area contributed by atoms with Crippen LogP contribution in [-0.4, -0.2) is 36.3 Å². The Bertz CT molecular complexity index is 229. The molecule has 5 heteroatoms. The summed E-state index contributed by atoms with van der Waals surface area (Å²) < 4.78 is 0. The molecule has 1 radical (unpaired) electrons. The van der Waals surface area contributed by atoms with Crippen LogP contribution in [-0.2, 0) is 9.59 Å². The highest BCUT2D eigenvalue weighted by Crippen LogP contribution is 2.22. The lowest BCUT2D eigenvalue weighted by molar-refractivity contribution is -0.124. The highest BCUT2D eigenvalue weighted by molar-refractivity contribution is 5.90. The summed E-state index contributed by atoms with van der Waals surface area (Å²) in [4.78, 5) is 23.6. The van der Waals surface area contributed by atoms with Gasteiger partial charge in [0.2, 0.25) is 11.8 Å². The van der Waals surface area contributed by atoms with E-state index in [1.165, 1.54) is 0 Å². The van der Waals surface area contributed by atoms with Crippen LogP contribution in [0.2, 0.25) is 0 Å². The molecular formula is C8H14N3O2. The predicted octanol–water partition coefficient (Wildman–Crippen LogP) is -1.37. The summed E-state index contributed by atoms with van der Waals surface area (Å²) in [5, 5.41) is 0. The number of nitrogens with zero attached hydrogens (tertiary/aromatic N) is 1. The molecule has 1 unspecified atom stereocenters. The van der Waals surface area contributed by atoms with Crippen LogP contribution >= 0.6 is 0 Å². The first-order chi connectivity index (χ1) is 6.02. The summed E-state index contributed by atoms with van der Waals surface area (Å²) in [5.74, 6) is -0.206. The first-order valence-electron chi connectivity index (χ1n) is 4.16. The van der Waals surface area contributed by atoms with Gasteiger partial charge in [0.1, 0.15) is 0 Å². The molecular weight excluding hydrogens is 170 g/mol. The molecule has 4 N–H and O–H groups in total. The Morgan fingerprint density at radius 1 is 1.46 bits per heavy atom. The minimum Gasteiger partial charge on any atom is -0.369 e. The SMILES string of the molecule is CN1CC[C](C(N)=O)CC1C(N)=O. The number of amides is 2. The standard InChI is InChI=1S/C8H14N3O2/c1-11-3-2-5(7(9)12)4-6(11)8(10)13/h6H,2-4H2,1H3,(H2,9,12)(H2,10,13). The van der Waals surface area contributed by atoms with E-state index in [1.54, 1.807) is 0 Å². The molecule has 0 spiro atoms. The van der Waals surface area contributed by atoms with Gasteiger partial charge in [0.05, 0.1) is 12.0 Å². The third kappa shape index (κ3) is 2.18. The summed E-state index contributed by atoms with van der Waals surface area (Å²) in [6, 6.07) is -0.378. The molecule has 2 amide bonds. The summed E-state index contributed by atoms with van der Waals surface area (Å²) in [5.41, 5.74) is 10.3. The van der Waals surface area contributed by atoms with Crippen LogP contribution in [0.1, 0.15) is 12.8 Å². The fraction of sp³-hybridized carbons (Fsp3) is 0.625. The number of carbonyl (C=O) groups is 2. The van der Waals surface area contributed by atoms with Crippen LogP contribution in [0.5, 0.6) is 0 Å². The third-order valence-electron chi connectivity index (χ3n) is 2.41. The van der Waals surface area contributed by atoms with Crippen LogP contribution in [0.25, 0.3) is 0 Å². The summed E-state index contributed by atoms with van der Waals surface area (Å²) >= 11 is 0. The first-order valence-corrected chi connectivity index (χ1v) is 4.16. The van der Waals surface area contributed by atoms with Crippen LogP contribution in [0.4, 0.5) is 0 Å². The third-order valence-corrected chi connectivity index (χ3v) is 2.41. The maximum atomic E-state index is 10.9. The molecule has 0 aliphatic carbocycles. The zero-order valence-electron chi connectivity index (χ0n) is 7.62. The van der Waals surface area contributed by atoms with E-state index in [0.717, 1.165) is 0 Å². The van der Waals surface area contributed by atoms with E-state index in [1.807, 2.05) is 11.9 Å². The normalized spacial score (nSPS) is 25.8. The molecule has 1 aliphatic heterocycles. The van der Waals surface area contributed by atoms with E-state index in [0.29, 0.717) is 25.3 Å². The number of rotatable bonds is 2.